The van der Waals surface area contributed by atoms with Gasteiger partial charge in [0.2, 0.25) is 10.0 Å². The highest BCUT2D eigenvalue weighted by Crippen LogP contribution is 2.30. The van der Waals surface area contributed by atoms with Crippen molar-refractivity contribution in [2.75, 3.05) is 13.2 Å². The molecule has 116 valence electrons. The van der Waals surface area contributed by atoms with E-state index in [0.717, 1.165) is 6.42 Å². The first-order valence-electron chi connectivity index (χ1n) is 7.59. The van der Waals surface area contributed by atoms with E-state index in [9.17, 15) is 8.42 Å². The summed E-state index contributed by atoms with van der Waals surface area (Å²) in [6.45, 7) is 7.67. The molecule has 2 atom stereocenters. The van der Waals surface area contributed by atoms with Crippen LogP contribution >= 0.6 is 0 Å². The molecule has 0 N–H and O–H groups in total. The van der Waals surface area contributed by atoms with Gasteiger partial charge in [-0.25, -0.2) is 8.42 Å². The van der Waals surface area contributed by atoms with Gasteiger partial charge in [-0.2, -0.15) is 4.31 Å². The Kier molecular flexibility index (Phi) is 3.84. The molecule has 2 aliphatic heterocycles. The Morgan fingerprint density at radius 1 is 1.29 bits per heavy atom. The molecule has 0 unspecified atom stereocenters. The molecule has 1 aromatic carbocycles. The minimum atomic E-state index is -3.27. The summed E-state index contributed by atoms with van der Waals surface area (Å²) in [5, 5.41) is -0.384. The van der Waals surface area contributed by atoms with Crippen LogP contribution in [0.25, 0.3) is 0 Å². The quantitative estimate of drug-likeness (QED) is 0.841. The van der Waals surface area contributed by atoms with Crippen molar-refractivity contribution >= 4 is 10.0 Å². The van der Waals surface area contributed by atoms with Crippen LogP contribution in [0.2, 0.25) is 0 Å². The van der Waals surface area contributed by atoms with Crippen molar-refractivity contribution in [1.82, 2.24) is 4.31 Å². The predicted octanol–water partition coefficient (Wildman–Crippen LogP) is 2.17. The Hall–Kier alpha value is -0.910. The topological polar surface area (TPSA) is 46.6 Å². The lowest BCUT2D eigenvalue weighted by molar-refractivity contribution is 0.125. The van der Waals surface area contributed by atoms with Crippen molar-refractivity contribution < 1.29 is 13.2 Å². The Bertz CT molecular complexity index is 654. The van der Waals surface area contributed by atoms with Crippen LogP contribution < -0.4 is 0 Å². The van der Waals surface area contributed by atoms with Gasteiger partial charge in [-0.05, 0) is 50.3 Å². The highest BCUT2D eigenvalue weighted by atomic mass is 32.2. The maximum absolute atomic E-state index is 12.8. The number of nitrogens with zero attached hydrogens (tertiary/aromatic N) is 1. The molecule has 0 spiro atoms. The van der Waals surface area contributed by atoms with E-state index in [1.165, 1.54) is 22.3 Å². The standard InChI is InChI=1S/C16H23NO3S/c1-11-8-12(2)15-10-17(6-4-14(15)9-11)21(18,19)16-5-7-20-13(16)3/h8-9,13,16H,4-7,10H2,1-3H3/t13-,16+/m1/s1. The van der Waals surface area contributed by atoms with Crippen molar-refractivity contribution in [2.24, 2.45) is 0 Å². The summed E-state index contributed by atoms with van der Waals surface area (Å²) < 4.78 is 32.8. The first kappa shape index (κ1) is 15.0. The third-order valence-corrected chi connectivity index (χ3v) is 7.14. The second-order valence-corrected chi connectivity index (χ2v) is 8.40. The number of rotatable bonds is 2. The lowest BCUT2D eigenvalue weighted by atomic mass is 9.94. The Labute approximate surface area is 127 Å². The van der Waals surface area contributed by atoms with Gasteiger partial charge in [0, 0.05) is 19.7 Å². The predicted molar refractivity (Wildman–Crippen MR) is 82.8 cm³/mol. The zero-order chi connectivity index (χ0) is 15.2. The van der Waals surface area contributed by atoms with Gasteiger partial charge in [0.05, 0.1) is 6.10 Å². The smallest absolute Gasteiger partial charge is 0.219 e. The molecule has 3 rings (SSSR count). The van der Waals surface area contributed by atoms with Gasteiger partial charge in [0.1, 0.15) is 5.25 Å². The summed E-state index contributed by atoms with van der Waals surface area (Å²) in [7, 11) is -3.27. The fourth-order valence-electron chi connectivity index (χ4n) is 3.55. The molecule has 1 aromatic rings. The fourth-order valence-corrected chi connectivity index (χ4v) is 5.54. The van der Waals surface area contributed by atoms with Crippen molar-refractivity contribution in [3.05, 3.63) is 34.4 Å². The molecule has 0 aliphatic carbocycles. The normalized spacial score (nSPS) is 26.8. The second kappa shape index (κ2) is 5.38. The minimum absolute atomic E-state index is 0.199. The van der Waals surface area contributed by atoms with Crippen molar-refractivity contribution in [3.63, 3.8) is 0 Å². The molecule has 4 nitrogen and oxygen atoms in total. The molecular weight excluding hydrogens is 286 g/mol. The van der Waals surface area contributed by atoms with E-state index < -0.39 is 10.0 Å². The zero-order valence-electron chi connectivity index (χ0n) is 12.9. The largest absolute Gasteiger partial charge is 0.377 e. The Balaban J connectivity index is 1.89. The molecule has 1 fully saturated rings. The van der Waals surface area contributed by atoms with Crippen LogP contribution in [0, 0.1) is 13.8 Å². The van der Waals surface area contributed by atoms with E-state index >= 15 is 0 Å². The summed E-state index contributed by atoms with van der Waals surface area (Å²) in [5.74, 6) is 0. The second-order valence-electron chi connectivity index (χ2n) is 6.25. The van der Waals surface area contributed by atoms with Crippen LogP contribution in [0.4, 0.5) is 0 Å². The lowest BCUT2D eigenvalue weighted by Crippen LogP contribution is -2.44. The van der Waals surface area contributed by atoms with E-state index in [-0.39, 0.29) is 11.4 Å². The Morgan fingerprint density at radius 2 is 2.05 bits per heavy atom. The molecule has 0 amide bonds. The molecule has 5 heteroatoms. The third kappa shape index (κ3) is 2.62. The maximum atomic E-state index is 12.8. The number of hydrogen-bond acceptors (Lipinski definition) is 3. The number of sulfonamides is 1. The number of ether oxygens (including phenoxy) is 1. The molecular formula is C16H23NO3S. The average Bonchev–Trinajstić information content (AvgIpc) is 2.85. The molecule has 0 saturated carbocycles. The number of benzene rings is 1. The minimum Gasteiger partial charge on any atom is -0.377 e. The monoisotopic (exact) mass is 309 g/mol. The van der Waals surface area contributed by atoms with Crippen molar-refractivity contribution in [3.8, 4) is 0 Å². The van der Waals surface area contributed by atoms with E-state index in [1.807, 2.05) is 6.92 Å². The van der Waals surface area contributed by atoms with Crippen LogP contribution in [0.5, 0.6) is 0 Å². The van der Waals surface area contributed by atoms with Gasteiger partial charge in [0.25, 0.3) is 0 Å². The van der Waals surface area contributed by atoms with E-state index in [2.05, 4.69) is 26.0 Å². The maximum Gasteiger partial charge on any atom is 0.219 e. The molecule has 2 heterocycles. The molecule has 2 aliphatic rings. The molecule has 0 bridgehead atoms. The molecule has 21 heavy (non-hydrogen) atoms. The van der Waals surface area contributed by atoms with Crippen LogP contribution in [-0.4, -0.2) is 37.2 Å². The lowest BCUT2D eigenvalue weighted by Gasteiger charge is -2.32. The van der Waals surface area contributed by atoms with Crippen LogP contribution in [0.3, 0.4) is 0 Å². The van der Waals surface area contributed by atoms with E-state index in [4.69, 9.17) is 4.74 Å². The van der Waals surface area contributed by atoms with Crippen LogP contribution in [0.1, 0.15) is 35.6 Å². The van der Waals surface area contributed by atoms with Crippen molar-refractivity contribution in [2.45, 2.75) is 51.5 Å². The highest BCUT2D eigenvalue weighted by Gasteiger charge is 2.40. The Morgan fingerprint density at radius 3 is 2.71 bits per heavy atom. The number of hydrogen-bond donors (Lipinski definition) is 0. The first-order chi connectivity index (χ1) is 9.89. The van der Waals surface area contributed by atoms with Gasteiger partial charge in [-0.3, -0.25) is 0 Å². The third-order valence-electron chi connectivity index (χ3n) is 4.72. The highest BCUT2D eigenvalue weighted by molar-refractivity contribution is 7.89. The summed E-state index contributed by atoms with van der Waals surface area (Å²) in [6, 6.07) is 4.32. The molecule has 0 radical (unpaired) electrons. The van der Waals surface area contributed by atoms with Gasteiger partial charge in [-0.15, -0.1) is 0 Å². The molecule has 1 saturated heterocycles. The van der Waals surface area contributed by atoms with E-state index in [1.54, 1.807) is 4.31 Å². The van der Waals surface area contributed by atoms with Gasteiger partial charge < -0.3 is 4.74 Å². The van der Waals surface area contributed by atoms with Gasteiger partial charge >= 0.3 is 0 Å². The molecule has 0 aromatic heterocycles. The fraction of sp³-hybridized carbons (Fsp3) is 0.625. The first-order valence-corrected chi connectivity index (χ1v) is 9.09. The SMILES string of the molecule is Cc1cc(C)c2c(c1)CCN(S(=O)(=O)[C@H]1CCO[C@@H]1C)C2. The van der Waals surface area contributed by atoms with Crippen LogP contribution in [-0.2, 0) is 27.7 Å². The number of aryl methyl sites for hydroxylation is 2. The summed E-state index contributed by atoms with van der Waals surface area (Å²) in [5.41, 5.74) is 4.93. The van der Waals surface area contributed by atoms with Gasteiger partial charge in [-0.1, -0.05) is 17.7 Å². The summed E-state index contributed by atoms with van der Waals surface area (Å²) >= 11 is 0. The summed E-state index contributed by atoms with van der Waals surface area (Å²) in [6.07, 6.45) is 1.22. The van der Waals surface area contributed by atoms with E-state index in [0.29, 0.717) is 26.1 Å². The number of fused-ring (bicyclic) bond motifs is 1. The van der Waals surface area contributed by atoms with Crippen LogP contribution in [0.15, 0.2) is 12.1 Å². The average molecular weight is 309 g/mol. The van der Waals surface area contributed by atoms with Crippen molar-refractivity contribution in [1.29, 1.82) is 0 Å². The zero-order valence-corrected chi connectivity index (χ0v) is 13.7. The van der Waals surface area contributed by atoms with Gasteiger partial charge in [0.15, 0.2) is 0 Å². The summed E-state index contributed by atoms with van der Waals surface area (Å²) in [4.78, 5) is 0.